The Morgan fingerprint density at radius 2 is 1.96 bits per heavy atom. The summed E-state index contributed by atoms with van der Waals surface area (Å²) in [6.07, 6.45) is 2.00. The highest BCUT2D eigenvalue weighted by molar-refractivity contribution is 8.01. The van der Waals surface area contributed by atoms with Crippen LogP contribution >= 0.6 is 34.9 Å². The molecule has 1 amide bonds. The van der Waals surface area contributed by atoms with Gasteiger partial charge in [-0.2, -0.15) is 0 Å². The predicted molar refractivity (Wildman–Crippen MR) is 114 cm³/mol. The van der Waals surface area contributed by atoms with Crippen molar-refractivity contribution in [2.45, 2.75) is 9.24 Å². The molecule has 140 valence electrons. The van der Waals surface area contributed by atoms with Crippen molar-refractivity contribution in [3.05, 3.63) is 48.5 Å². The van der Waals surface area contributed by atoms with E-state index in [0.29, 0.717) is 5.13 Å². The summed E-state index contributed by atoms with van der Waals surface area (Å²) in [7, 11) is 1.63. The zero-order valence-electron chi connectivity index (χ0n) is 14.8. The smallest absolute Gasteiger partial charge is 0.234 e. The van der Waals surface area contributed by atoms with Crippen LogP contribution in [0, 0.1) is 0 Å². The second-order valence-corrected chi connectivity index (χ2v) is 8.38. The number of methoxy groups -OCH3 is 1. The first kappa shape index (κ1) is 19.5. The van der Waals surface area contributed by atoms with E-state index in [-0.39, 0.29) is 11.7 Å². The molecule has 0 unspecified atom stereocenters. The largest absolute Gasteiger partial charge is 0.497 e. The Labute approximate surface area is 170 Å². The number of aromatic nitrogens is 2. The number of hydrogen-bond donors (Lipinski definition) is 2. The molecule has 0 saturated carbocycles. The first-order chi connectivity index (χ1) is 13.2. The van der Waals surface area contributed by atoms with Crippen LogP contribution in [0.15, 0.2) is 57.8 Å². The Morgan fingerprint density at radius 3 is 2.78 bits per heavy atom. The standard InChI is InChI=1S/C18H18N4O2S3/c1-24-14-7-3-5-12(9-14)20-17-21-22-18(27-17)26-11-16(23)19-13-6-4-8-15(10-13)25-2/h3-10H,11H2,1-2H3,(H,19,23)(H,20,21). The molecule has 27 heavy (non-hydrogen) atoms. The monoisotopic (exact) mass is 418 g/mol. The summed E-state index contributed by atoms with van der Waals surface area (Å²) >= 11 is 4.40. The number of amides is 1. The van der Waals surface area contributed by atoms with Gasteiger partial charge < -0.3 is 15.4 Å². The van der Waals surface area contributed by atoms with Gasteiger partial charge in [0, 0.05) is 22.3 Å². The molecule has 0 aliphatic carbocycles. The van der Waals surface area contributed by atoms with Gasteiger partial charge in [-0.25, -0.2) is 0 Å². The lowest BCUT2D eigenvalue weighted by Gasteiger charge is -2.05. The number of nitrogens with zero attached hydrogens (tertiary/aromatic N) is 2. The quantitative estimate of drug-likeness (QED) is 0.512. The molecule has 2 aromatic carbocycles. The maximum absolute atomic E-state index is 12.1. The molecular weight excluding hydrogens is 400 g/mol. The molecule has 0 atom stereocenters. The first-order valence-corrected chi connectivity index (χ1v) is 11.0. The fraction of sp³-hybridized carbons (Fsp3) is 0.167. The van der Waals surface area contributed by atoms with Crippen molar-refractivity contribution < 1.29 is 9.53 Å². The molecule has 9 heteroatoms. The fourth-order valence-electron chi connectivity index (χ4n) is 2.17. The zero-order chi connectivity index (χ0) is 19.1. The molecule has 2 N–H and O–H groups in total. The second kappa shape index (κ2) is 9.63. The molecule has 3 aromatic rings. The van der Waals surface area contributed by atoms with Crippen LogP contribution in [0.2, 0.25) is 0 Å². The van der Waals surface area contributed by atoms with Gasteiger partial charge >= 0.3 is 0 Å². The topological polar surface area (TPSA) is 76.1 Å². The molecule has 0 saturated heterocycles. The normalized spacial score (nSPS) is 10.4. The number of carbonyl (C=O) groups excluding carboxylic acids is 1. The molecule has 0 fully saturated rings. The number of thioether (sulfide) groups is 2. The van der Waals surface area contributed by atoms with Crippen molar-refractivity contribution in [3.63, 3.8) is 0 Å². The van der Waals surface area contributed by atoms with Gasteiger partial charge in [0.05, 0.1) is 12.9 Å². The summed E-state index contributed by atoms with van der Waals surface area (Å²) in [5.74, 6) is 0.967. The average Bonchev–Trinajstić information content (AvgIpc) is 3.14. The van der Waals surface area contributed by atoms with Crippen LogP contribution in [0.25, 0.3) is 0 Å². The Hall–Kier alpha value is -2.23. The number of benzene rings is 2. The number of hydrogen-bond acceptors (Lipinski definition) is 8. The van der Waals surface area contributed by atoms with E-state index in [1.54, 1.807) is 18.9 Å². The summed E-state index contributed by atoms with van der Waals surface area (Å²) < 4.78 is 5.93. The van der Waals surface area contributed by atoms with E-state index in [4.69, 9.17) is 4.74 Å². The van der Waals surface area contributed by atoms with Gasteiger partial charge in [0.1, 0.15) is 5.75 Å². The van der Waals surface area contributed by atoms with Crippen LogP contribution in [0.3, 0.4) is 0 Å². The van der Waals surface area contributed by atoms with Gasteiger partial charge in [-0.3, -0.25) is 4.79 Å². The molecule has 6 nitrogen and oxygen atoms in total. The van der Waals surface area contributed by atoms with Gasteiger partial charge in [0.25, 0.3) is 0 Å². The Morgan fingerprint density at radius 1 is 1.15 bits per heavy atom. The highest BCUT2D eigenvalue weighted by Gasteiger charge is 2.09. The summed E-state index contributed by atoms with van der Waals surface area (Å²) in [5, 5.41) is 15.0. The lowest BCUT2D eigenvalue weighted by atomic mass is 10.3. The van der Waals surface area contributed by atoms with Crippen LogP contribution in [-0.4, -0.2) is 35.2 Å². The van der Waals surface area contributed by atoms with Crippen LogP contribution in [0.4, 0.5) is 16.5 Å². The number of anilines is 3. The fourth-order valence-corrected chi connectivity index (χ4v) is 4.20. The van der Waals surface area contributed by atoms with Crippen LogP contribution in [0.5, 0.6) is 5.75 Å². The van der Waals surface area contributed by atoms with Gasteiger partial charge in [-0.1, -0.05) is 35.2 Å². The molecule has 1 aromatic heterocycles. The van der Waals surface area contributed by atoms with E-state index in [1.807, 2.05) is 54.8 Å². The van der Waals surface area contributed by atoms with Crippen LogP contribution in [0.1, 0.15) is 0 Å². The molecule has 0 radical (unpaired) electrons. The number of ether oxygens (including phenoxy) is 1. The number of carbonyl (C=O) groups is 1. The van der Waals surface area contributed by atoms with Crippen molar-refractivity contribution in [1.29, 1.82) is 0 Å². The SMILES string of the molecule is COc1cccc(Nc2nnc(SCC(=O)Nc3cccc(SC)c3)s2)c1. The third kappa shape index (κ3) is 5.88. The molecule has 1 heterocycles. The molecule has 0 spiro atoms. The summed E-state index contributed by atoms with van der Waals surface area (Å²) in [6, 6.07) is 15.3. The summed E-state index contributed by atoms with van der Waals surface area (Å²) in [5.41, 5.74) is 1.67. The van der Waals surface area contributed by atoms with E-state index in [9.17, 15) is 4.79 Å². The summed E-state index contributed by atoms with van der Waals surface area (Å²) in [4.78, 5) is 13.3. The van der Waals surface area contributed by atoms with E-state index in [0.717, 1.165) is 26.4 Å². The molecular formula is C18H18N4O2S3. The highest BCUT2D eigenvalue weighted by Crippen LogP contribution is 2.29. The molecule has 0 aliphatic heterocycles. The Kier molecular flexibility index (Phi) is 6.97. The predicted octanol–water partition coefficient (Wildman–Crippen LogP) is 4.74. The van der Waals surface area contributed by atoms with E-state index >= 15 is 0 Å². The van der Waals surface area contributed by atoms with Crippen molar-refractivity contribution in [2.75, 3.05) is 29.8 Å². The third-order valence-electron chi connectivity index (χ3n) is 3.41. The van der Waals surface area contributed by atoms with E-state index < -0.39 is 0 Å². The van der Waals surface area contributed by atoms with Crippen LogP contribution in [-0.2, 0) is 4.79 Å². The minimum atomic E-state index is -0.0734. The molecule has 0 aliphatic rings. The van der Waals surface area contributed by atoms with Crippen LogP contribution < -0.4 is 15.4 Å². The van der Waals surface area contributed by atoms with Crippen molar-refractivity contribution in [3.8, 4) is 5.75 Å². The second-order valence-electron chi connectivity index (χ2n) is 5.30. The van der Waals surface area contributed by atoms with E-state index in [2.05, 4.69) is 20.8 Å². The minimum absolute atomic E-state index is 0.0734. The van der Waals surface area contributed by atoms with Crippen molar-refractivity contribution in [1.82, 2.24) is 10.2 Å². The number of nitrogens with one attached hydrogen (secondary N) is 2. The minimum Gasteiger partial charge on any atom is -0.497 e. The van der Waals surface area contributed by atoms with E-state index in [1.165, 1.54) is 23.1 Å². The molecule has 3 rings (SSSR count). The molecule has 0 bridgehead atoms. The van der Waals surface area contributed by atoms with Gasteiger partial charge in [0.15, 0.2) is 4.34 Å². The highest BCUT2D eigenvalue weighted by atomic mass is 32.2. The number of rotatable bonds is 8. The van der Waals surface area contributed by atoms with Gasteiger partial charge in [-0.05, 0) is 36.6 Å². The average molecular weight is 419 g/mol. The summed E-state index contributed by atoms with van der Waals surface area (Å²) in [6.45, 7) is 0. The Bertz CT molecular complexity index is 917. The van der Waals surface area contributed by atoms with Gasteiger partial charge in [0.2, 0.25) is 11.0 Å². The lowest BCUT2D eigenvalue weighted by Crippen LogP contribution is -2.13. The first-order valence-electron chi connectivity index (χ1n) is 7.97. The lowest BCUT2D eigenvalue weighted by molar-refractivity contribution is -0.113. The Balaban J connectivity index is 1.52. The zero-order valence-corrected chi connectivity index (χ0v) is 17.2. The maximum atomic E-state index is 12.1. The van der Waals surface area contributed by atoms with Crippen molar-refractivity contribution >= 4 is 57.3 Å². The van der Waals surface area contributed by atoms with Gasteiger partial charge in [-0.15, -0.1) is 22.0 Å². The maximum Gasteiger partial charge on any atom is 0.234 e. The third-order valence-corrected chi connectivity index (χ3v) is 6.11. The van der Waals surface area contributed by atoms with Crippen molar-refractivity contribution in [2.24, 2.45) is 0 Å².